The van der Waals surface area contributed by atoms with Gasteiger partial charge in [0.05, 0.1) is 4.92 Å². The van der Waals surface area contributed by atoms with Crippen LogP contribution in [0.4, 0.5) is 10.1 Å². The third-order valence-electron chi connectivity index (χ3n) is 2.73. The van der Waals surface area contributed by atoms with E-state index in [1.165, 1.54) is 55.5 Å². The Morgan fingerprint density at radius 2 is 1.59 bits per heavy atom. The molecule has 0 N–H and O–H groups in total. The van der Waals surface area contributed by atoms with Crippen molar-refractivity contribution >= 4 is 17.4 Å². The lowest BCUT2D eigenvalue weighted by Crippen LogP contribution is -2.06. The van der Waals surface area contributed by atoms with Gasteiger partial charge in [-0.3, -0.25) is 10.1 Å². The number of non-ortho nitro benzene ring substituents is 1. The van der Waals surface area contributed by atoms with Crippen LogP contribution in [-0.2, 0) is 9.63 Å². The zero-order valence-corrected chi connectivity index (χ0v) is 11.5. The predicted octanol–water partition coefficient (Wildman–Crippen LogP) is 3.05. The average molecular weight is 302 g/mol. The fourth-order valence-corrected chi connectivity index (χ4v) is 1.73. The number of nitro benzene ring substituents is 1. The van der Waals surface area contributed by atoms with Gasteiger partial charge in [-0.1, -0.05) is 5.16 Å². The third-order valence-corrected chi connectivity index (χ3v) is 2.73. The minimum absolute atomic E-state index is 0.0744. The second kappa shape index (κ2) is 6.57. The Labute approximate surface area is 125 Å². The first kappa shape index (κ1) is 15.3. The maximum Gasteiger partial charge on any atom is 0.332 e. The first-order valence-electron chi connectivity index (χ1n) is 6.23. The number of carbonyl (C=O) groups excluding carboxylic acids is 1. The van der Waals surface area contributed by atoms with Crippen molar-refractivity contribution in [3.8, 4) is 0 Å². The second-order valence-electron chi connectivity index (χ2n) is 4.33. The quantitative estimate of drug-likeness (QED) is 0.376. The van der Waals surface area contributed by atoms with Crippen LogP contribution in [-0.4, -0.2) is 16.6 Å². The van der Waals surface area contributed by atoms with Crippen molar-refractivity contribution < 1.29 is 18.9 Å². The summed E-state index contributed by atoms with van der Waals surface area (Å²) in [6, 6.07) is 11.0. The molecule has 0 saturated heterocycles. The summed E-state index contributed by atoms with van der Waals surface area (Å²) in [4.78, 5) is 25.7. The van der Waals surface area contributed by atoms with Gasteiger partial charge in [0, 0.05) is 30.2 Å². The van der Waals surface area contributed by atoms with Gasteiger partial charge in [0.2, 0.25) is 0 Å². The van der Waals surface area contributed by atoms with Crippen LogP contribution in [0.25, 0.3) is 0 Å². The Bertz CT molecular complexity index is 724. The lowest BCUT2D eigenvalue weighted by Gasteiger charge is -2.06. The van der Waals surface area contributed by atoms with Crippen molar-refractivity contribution in [2.45, 2.75) is 6.92 Å². The Balaban J connectivity index is 2.43. The molecule has 0 bridgehead atoms. The molecule has 2 rings (SSSR count). The lowest BCUT2D eigenvalue weighted by atomic mass is 10.0. The van der Waals surface area contributed by atoms with Gasteiger partial charge in [0.15, 0.2) is 0 Å². The molecule has 0 amide bonds. The largest absolute Gasteiger partial charge is 0.332 e. The van der Waals surface area contributed by atoms with Gasteiger partial charge in [-0.05, 0) is 36.4 Å². The van der Waals surface area contributed by atoms with Crippen molar-refractivity contribution in [1.82, 2.24) is 0 Å². The summed E-state index contributed by atoms with van der Waals surface area (Å²) < 4.78 is 13.0. The van der Waals surface area contributed by atoms with Gasteiger partial charge in [0.25, 0.3) is 5.69 Å². The van der Waals surface area contributed by atoms with Gasteiger partial charge in [-0.25, -0.2) is 9.18 Å². The van der Waals surface area contributed by atoms with Crippen molar-refractivity contribution in [1.29, 1.82) is 0 Å². The Kier molecular flexibility index (Phi) is 4.57. The van der Waals surface area contributed by atoms with Crippen LogP contribution >= 0.6 is 0 Å². The van der Waals surface area contributed by atoms with Gasteiger partial charge in [-0.15, -0.1) is 0 Å². The number of halogens is 1. The minimum atomic E-state index is -0.610. The monoisotopic (exact) mass is 302 g/mol. The van der Waals surface area contributed by atoms with Gasteiger partial charge in [0.1, 0.15) is 11.5 Å². The molecule has 0 aromatic heterocycles. The normalized spacial score (nSPS) is 11.1. The van der Waals surface area contributed by atoms with Crippen LogP contribution in [0, 0.1) is 15.9 Å². The topological polar surface area (TPSA) is 81.8 Å². The summed E-state index contributed by atoms with van der Waals surface area (Å²) in [6.45, 7) is 1.20. The van der Waals surface area contributed by atoms with Gasteiger partial charge in [-0.2, -0.15) is 0 Å². The van der Waals surface area contributed by atoms with E-state index >= 15 is 0 Å². The summed E-state index contributed by atoms with van der Waals surface area (Å²) in [5, 5.41) is 14.4. The Morgan fingerprint density at radius 3 is 2.05 bits per heavy atom. The molecule has 0 unspecified atom stereocenters. The summed E-state index contributed by atoms with van der Waals surface area (Å²) in [5.41, 5.74) is 1.20. The molecule has 22 heavy (non-hydrogen) atoms. The lowest BCUT2D eigenvalue weighted by molar-refractivity contribution is -0.384. The van der Waals surface area contributed by atoms with Crippen LogP contribution in [0.15, 0.2) is 53.7 Å². The molecule has 0 aliphatic heterocycles. The van der Waals surface area contributed by atoms with Crippen molar-refractivity contribution in [2.75, 3.05) is 0 Å². The number of rotatable bonds is 4. The molecule has 0 heterocycles. The fourth-order valence-electron chi connectivity index (χ4n) is 1.73. The number of nitrogens with zero attached hydrogens (tertiary/aromatic N) is 2. The highest BCUT2D eigenvalue weighted by atomic mass is 19.1. The molecule has 0 atom stereocenters. The molecule has 0 spiro atoms. The fraction of sp³-hybridized carbons (Fsp3) is 0.0667. The SMILES string of the molecule is CC(=O)O/N=C(/c1ccc(F)cc1)c1ccc([N+](=O)[O-])cc1. The van der Waals surface area contributed by atoms with E-state index in [2.05, 4.69) is 9.99 Å². The Hall–Kier alpha value is -3.09. The van der Waals surface area contributed by atoms with Crippen molar-refractivity contribution in [3.63, 3.8) is 0 Å². The van der Waals surface area contributed by atoms with E-state index in [0.717, 1.165) is 0 Å². The summed E-state index contributed by atoms with van der Waals surface area (Å²) in [6.07, 6.45) is 0. The molecule has 0 saturated carbocycles. The van der Waals surface area contributed by atoms with Crippen LogP contribution < -0.4 is 0 Å². The number of benzene rings is 2. The molecule has 2 aromatic carbocycles. The molecule has 7 heteroatoms. The molecule has 6 nitrogen and oxygen atoms in total. The van der Waals surface area contributed by atoms with E-state index in [1.54, 1.807) is 0 Å². The van der Waals surface area contributed by atoms with Crippen LogP contribution in [0.1, 0.15) is 18.1 Å². The molecule has 0 fully saturated rings. The highest BCUT2D eigenvalue weighted by molar-refractivity contribution is 6.12. The van der Waals surface area contributed by atoms with Gasteiger partial charge >= 0.3 is 5.97 Å². The first-order chi connectivity index (χ1) is 10.5. The molecule has 112 valence electrons. The summed E-state index contributed by atoms with van der Waals surface area (Å²) >= 11 is 0. The maximum absolute atomic E-state index is 13.0. The number of oxime groups is 1. The van der Waals surface area contributed by atoms with Crippen LogP contribution in [0.2, 0.25) is 0 Å². The Morgan fingerprint density at radius 1 is 1.09 bits per heavy atom. The van der Waals surface area contributed by atoms with Crippen molar-refractivity contribution in [3.05, 3.63) is 75.6 Å². The highest BCUT2D eigenvalue weighted by Gasteiger charge is 2.12. The van der Waals surface area contributed by atoms with E-state index in [-0.39, 0.29) is 11.4 Å². The first-order valence-corrected chi connectivity index (χ1v) is 6.23. The number of hydrogen-bond donors (Lipinski definition) is 0. The minimum Gasteiger partial charge on any atom is -0.318 e. The number of nitro groups is 1. The van der Waals surface area contributed by atoms with Crippen LogP contribution in [0.3, 0.4) is 0 Å². The van der Waals surface area contributed by atoms with E-state index in [1.807, 2.05) is 0 Å². The van der Waals surface area contributed by atoms with Crippen LogP contribution in [0.5, 0.6) is 0 Å². The molecule has 0 radical (unpaired) electrons. The average Bonchev–Trinajstić information content (AvgIpc) is 2.49. The zero-order chi connectivity index (χ0) is 16.1. The van der Waals surface area contributed by atoms with E-state index in [4.69, 9.17) is 0 Å². The molecular weight excluding hydrogens is 291 g/mol. The van der Waals surface area contributed by atoms with E-state index in [9.17, 15) is 19.3 Å². The molecule has 0 aliphatic carbocycles. The second-order valence-corrected chi connectivity index (χ2v) is 4.33. The molecular formula is C15H11FN2O4. The third kappa shape index (κ3) is 3.72. The highest BCUT2D eigenvalue weighted by Crippen LogP contribution is 2.17. The number of carbonyl (C=O) groups is 1. The molecule has 0 aliphatic rings. The summed E-state index contributed by atoms with van der Waals surface area (Å²) in [5.74, 6) is -1.03. The standard InChI is InChI=1S/C15H11FN2O4/c1-10(19)22-17-15(11-2-6-13(16)7-3-11)12-4-8-14(9-5-12)18(20)21/h2-9H,1H3/b17-15-. The number of hydrogen-bond acceptors (Lipinski definition) is 5. The smallest absolute Gasteiger partial charge is 0.318 e. The zero-order valence-electron chi connectivity index (χ0n) is 11.5. The predicted molar refractivity (Wildman–Crippen MR) is 76.9 cm³/mol. The maximum atomic E-state index is 13.0. The molecule has 2 aromatic rings. The van der Waals surface area contributed by atoms with Crippen molar-refractivity contribution in [2.24, 2.45) is 5.16 Å². The van der Waals surface area contributed by atoms with E-state index < -0.39 is 16.7 Å². The summed E-state index contributed by atoms with van der Waals surface area (Å²) in [7, 11) is 0. The van der Waals surface area contributed by atoms with E-state index in [0.29, 0.717) is 11.1 Å². The van der Waals surface area contributed by atoms with Gasteiger partial charge < -0.3 is 4.84 Å².